The Hall–Kier alpha value is -4.31. The van der Waals surface area contributed by atoms with Crippen molar-refractivity contribution in [1.82, 2.24) is 0 Å². The largest absolute Gasteiger partial charge is 0.457 e. The highest BCUT2D eigenvalue weighted by Gasteiger charge is 2.41. The van der Waals surface area contributed by atoms with Gasteiger partial charge in [-0.25, -0.2) is 0 Å². The molecule has 0 aromatic heterocycles. The summed E-state index contributed by atoms with van der Waals surface area (Å²) in [6, 6.07) is 33.1. The van der Waals surface area contributed by atoms with Gasteiger partial charge in [0, 0.05) is 11.1 Å². The van der Waals surface area contributed by atoms with Crippen molar-refractivity contribution >= 4 is 23.0 Å². The van der Waals surface area contributed by atoms with Crippen molar-refractivity contribution in [3.63, 3.8) is 0 Å². The summed E-state index contributed by atoms with van der Waals surface area (Å²) in [6.07, 6.45) is 0. The van der Waals surface area contributed by atoms with E-state index in [1.807, 2.05) is 84.9 Å². The minimum atomic E-state index is -0.949. The second-order valence-corrected chi connectivity index (χ2v) is 7.48. The van der Waals surface area contributed by atoms with Crippen LogP contribution in [0.1, 0.15) is 26.3 Å². The molecule has 0 radical (unpaired) electrons. The topological polar surface area (TPSA) is 55.7 Å². The Morgan fingerprint density at radius 3 is 1.69 bits per heavy atom. The lowest BCUT2D eigenvalue weighted by molar-refractivity contribution is 0.0884. The fourth-order valence-corrected chi connectivity index (χ4v) is 3.85. The fourth-order valence-electron chi connectivity index (χ4n) is 3.85. The molecule has 1 aliphatic carbocycles. The van der Waals surface area contributed by atoms with Gasteiger partial charge in [0.1, 0.15) is 17.4 Å². The van der Waals surface area contributed by atoms with Crippen molar-refractivity contribution in [3.05, 3.63) is 126 Å². The van der Waals surface area contributed by atoms with E-state index in [1.54, 1.807) is 24.3 Å². The van der Waals surface area contributed by atoms with Crippen LogP contribution in [0.5, 0.6) is 11.5 Å². The van der Waals surface area contributed by atoms with Gasteiger partial charge in [-0.2, -0.15) is 0 Å². The molecule has 0 spiro atoms. The van der Waals surface area contributed by atoms with Crippen molar-refractivity contribution in [3.8, 4) is 11.5 Å². The maximum atomic E-state index is 13.1. The Morgan fingerprint density at radius 1 is 0.594 bits per heavy atom. The van der Waals surface area contributed by atoms with Gasteiger partial charge in [0.05, 0.1) is 11.4 Å². The van der Waals surface area contributed by atoms with Gasteiger partial charge in [-0.05, 0) is 42.0 Å². The molecular formula is C28H19NO3. The summed E-state index contributed by atoms with van der Waals surface area (Å²) in [5, 5.41) is 0. The number of Topliss-reactive ketones (excluding diaryl/α,β-unsaturated/α-hetero) is 2. The smallest absolute Gasteiger partial charge is 0.180 e. The summed E-state index contributed by atoms with van der Waals surface area (Å²) in [5.74, 6) is 0.0509. The van der Waals surface area contributed by atoms with Crippen molar-refractivity contribution in [2.45, 2.75) is 0 Å². The number of nitrogens with zero attached hydrogens (tertiary/aromatic N) is 1. The molecule has 1 aliphatic rings. The predicted octanol–water partition coefficient (Wildman–Crippen LogP) is 6.30. The number of fused-ring (bicyclic) bond motifs is 1. The molecule has 0 saturated carbocycles. The van der Waals surface area contributed by atoms with Crippen LogP contribution in [0.3, 0.4) is 0 Å². The van der Waals surface area contributed by atoms with Crippen molar-refractivity contribution in [1.29, 1.82) is 0 Å². The third-order valence-electron chi connectivity index (χ3n) is 5.39. The lowest BCUT2D eigenvalue weighted by atomic mass is 9.92. The predicted molar refractivity (Wildman–Crippen MR) is 124 cm³/mol. The molecule has 0 unspecified atom stereocenters. The molecule has 0 fully saturated rings. The van der Waals surface area contributed by atoms with E-state index in [0.717, 1.165) is 11.3 Å². The summed E-state index contributed by atoms with van der Waals surface area (Å²) >= 11 is 0. The van der Waals surface area contributed by atoms with E-state index in [1.165, 1.54) is 0 Å². The number of benzene rings is 4. The second-order valence-electron chi connectivity index (χ2n) is 7.48. The van der Waals surface area contributed by atoms with Crippen LogP contribution in [0.25, 0.3) is 0 Å². The molecule has 0 amide bonds. The Balaban J connectivity index is 1.51. The first-order valence-corrected chi connectivity index (χ1v) is 10.3. The number of aliphatic imine (C=N–C) groups is 1. The van der Waals surface area contributed by atoms with Crippen LogP contribution in [-0.2, 0) is 0 Å². The van der Waals surface area contributed by atoms with E-state index >= 15 is 0 Å². The molecule has 0 atom stereocenters. The van der Waals surface area contributed by atoms with Crippen LogP contribution in [0.2, 0.25) is 0 Å². The summed E-state index contributed by atoms with van der Waals surface area (Å²) in [5.41, 5.74) is 2.75. The number of para-hydroxylation sites is 1. The SMILES string of the molecule is O=C1c2ccccc2C(=O)C1C(=Nc1ccc(Oc2ccccc2)cc1)c1ccccc1. The molecule has 154 valence electrons. The number of hydrogen-bond donors (Lipinski definition) is 0. The molecule has 0 N–H and O–H groups in total. The molecule has 5 rings (SSSR count). The lowest BCUT2D eigenvalue weighted by Crippen LogP contribution is -2.26. The number of hydrogen-bond acceptors (Lipinski definition) is 4. The molecule has 4 nitrogen and oxygen atoms in total. The highest BCUT2D eigenvalue weighted by Crippen LogP contribution is 2.32. The van der Waals surface area contributed by atoms with Gasteiger partial charge in [-0.3, -0.25) is 14.6 Å². The molecule has 4 aromatic carbocycles. The van der Waals surface area contributed by atoms with Crippen LogP contribution in [-0.4, -0.2) is 17.3 Å². The van der Waals surface area contributed by atoms with Crippen LogP contribution in [0, 0.1) is 5.92 Å². The molecule has 0 bridgehead atoms. The van der Waals surface area contributed by atoms with E-state index in [2.05, 4.69) is 0 Å². The van der Waals surface area contributed by atoms with Gasteiger partial charge < -0.3 is 4.74 Å². The van der Waals surface area contributed by atoms with Gasteiger partial charge in [0.15, 0.2) is 11.6 Å². The first kappa shape index (κ1) is 19.6. The van der Waals surface area contributed by atoms with E-state index in [9.17, 15) is 9.59 Å². The van der Waals surface area contributed by atoms with Gasteiger partial charge in [-0.15, -0.1) is 0 Å². The quantitative estimate of drug-likeness (QED) is 0.283. The van der Waals surface area contributed by atoms with Gasteiger partial charge in [0.2, 0.25) is 0 Å². The third-order valence-corrected chi connectivity index (χ3v) is 5.39. The maximum Gasteiger partial charge on any atom is 0.180 e. The van der Waals surface area contributed by atoms with Crippen molar-refractivity contribution < 1.29 is 14.3 Å². The summed E-state index contributed by atoms with van der Waals surface area (Å²) in [4.78, 5) is 31.1. The minimum absolute atomic E-state index is 0.211. The molecule has 4 heteroatoms. The number of rotatable bonds is 5. The molecule has 0 saturated heterocycles. The number of ketones is 2. The minimum Gasteiger partial charge on any atom is -0.457 e. The van der Waals surface area contributed by atoms with Crippen LogP contribution in [0.15, 0.2) is 114 Å². The van der Waals surface area contributed by atoms with E-state index in [0.29, 0.717) is 28.3 Å². The second kappa shape index (κ2) is 8.44. The zero-order chi connectivity index (χ0) is 21.9. The number of carbonyl (C=O) groups is 2. The molecule has 32 heavy (non-hydrogen) atoms. The van der Waals surface area contributed by atoms with Crippen LogP contribution >= 0.6 is 0 Å². The van der Waals surface area contributed by atoms with Crippen molar-refractivity contribution in [2.75, 3.05) is 0 Å². The van der Waals surface area contributed by atoms with E-state index in [4.69, 9.17) is 9.73 Å². The first-order valence-electron chi connectivity index (χ1n) is 10.3. The zero-order valence-corrected chi connectivity index (χ0v) is 17.1. The van der Waals surface area contributed by atoms with Gasteiger partial charge >= 0.3 is 0 Å². The average Bonchev–Trinajstić information content (AvgIpc) is 3.10. The Morgan fingerprint density at radius 2 is 1.09 bits per heavy atom. The summed E-state index contributed by atoms with van der Waals surface area (Å²) < 4.78 is 5.84. The third kappa shape index (κ3) is 3.74. The van der Waals surface area contributed by atoms with Gasteiger partial charge in [0.25, 0.3) is 0 Å². The number of ether oxygens (including phenoxy) is 1. The Labute approximate surface area is 185 Å². The normalized spacial score (nSPS) is 13.8. The maximum absolute atomic E-state index is 13.1. The fraction of sp³-hybridized carbons (Fsp3) is 0.0357. The lowest BCUT2D eigenvalue weighted by Gasteiger charge is -2.13. The monoisotopic (exact) mass is 417 g/mol. The standard InChI is InChI=1S/C28H19NO3/c30-27-23-13-7-8-14-24(23)28(31)25(27)26(19-9-3-1-4-10-19)29-20-15-17-22(18-16-20)32-21-11-5-2-6-12-21/h1-18,25H. The first-order chi connectivity index (χ1) is 15.7. The number of carbonyl (C=O) groups excluding carboxylic acids is 2. The van der Waals surface area contributed by atoms with Crippen LogP contribution < -0.4 is 4.74 Å². The molecular weight excluding hydrogens is 398 g/mol. The van der Waals surface area contributed by atoms with E-state index in [-0.39, 0.29) is 11.6 Å². The molecule has 0 aliphatic heterocycles. The Bertz CT molecular complexity index is 1270. The van der Waals surface area contributed by atoms with Crippen molar-refractivity contribution in [2.24, 2.45) is 10.9 Å². The summed E-state index contributed by atoms with van der Waals surface area (Å²) in [7, 11) is 0. The highest BCUT2D eigenvalue weighted by atomic mass is 16.5. The van der Waals surface area contributed by atoms with Crippen LogP contribution in [0.4, 0.5) is 5.69 Å². The Kier molecular flexibility index (Phi) is 5.18. The average molecular weight is 417 g/mol. The highest BCUT2D eigenvalue weighted by molar-refractivity contribution is 6.39. The summed E-state index contributed by atoms with van der Waals surface area (Å²) in [6.45, 7) is 0. The zero-order valence-electron chi connectivity index (χ0n) is 17.1. The van der Waals surface area contributed by atoms with E-state index < -0.39 is 5.92 Å². The molecule has 4 aromatic rings. The van der Waals surface area contributed by atoms with Gasteiger partial charge in [-0.1, -0.05) is 72.8 Å². The molecule has 0 heterocycles.